The van der Waals surface area contributed by atoms with Crippen molar-refractivity contribution < 1.29 is 9.15 Å². The fraction of sp³-hybridized carbons (Fsp3) is 0.412. The molecule has 0 atom stereocenters. The number of ether oxygens (including phenoxy) is 1. The first-order chi connectivity index (χ1) is 9.81. The van der Waals surface area contributed by atoms with E-state index in [1.807, 2.05) is 24.3 Å². The van der Waals surface area contributed by atoms with E-state index in [9.17, 15) is 0 Å². The summed E-state index contributed by atoms with van der Waals surface area (Å²) in [6, 6.07) is 12.2. The second-order valence-corrected chi connectivity index (χ2v) is 4.83. The molecule has 0 aliphatic carbocycles. The van der Waals surface area contributed by atoms with Crippen molar-refractivity contribution in [3.05, 3.63) is 53.5 Å². The van der Waals surface area contributed by atoms with Crippen LogP contribution in [0.4, 0.5) is 0 Å². The Morgan fingerprint density at radius 1 is 1.00 bits per heavy atom. The monoisotopic (exact) mass is 273 g/mol. The Hall–Kier alpha value is -1.74. The molecule has 0 aliphatic heterocycles. The average Bonchev–Trinajstić information content (AvgIpc) is 2.93. The molecule has 2 rings (SSSR count). The molecule has 1 aromatic carbocycles. The van der Waals surface area contributed by atoms with Crippen LogP contribution in [0.2, 0.25) is 0 Å². The molecule has 0 aliphatic rings. The first-order valence-corrected chi connectivity index (χ1v) is 7.32. The van der Waals surface area contributed by atoms with E-state index in [0.717, 1.165) is 36.8 Å². The molecule has 20 heavy (non-hydrogen) atoms. The minimum absolute atomic E-state index is 0.471. The van der Waals surface area contributed by atoms with Crippen molar-refractivity contribution in [2.75, 3.05) is 6.54 Å². The SMILES string of the molecule is CCCc1ccc(OCc2ccc(CNCC)o2)cc1. The molecule has 0 bridgehead atoms. The van der Waals surface area contributed by atoms with Gasteiger partial charge in [-0.15, -0.1) is 0 Å². The van der Waals surface area contributed by atoms with E-state index in [2.05, 4.69) is 31.3 Å². The minimum Gasteiger partial charge on any atom is -0.486 e. The largest absolute Gasteiger partial charge is 0.486 e. The zero-order chi connectivity index (χ0) is 14.2. The van der Waals surface area contributed by atoms with Crippen LogP contribution in [0.15, 0.2) is 40.8 Å². The van der Waals surface area contributed by atoms with Crippen LogP contribution >= 0.6 is 0 Å². The number of nitrogens with one attached hydrogen (secondary N) is 1. The third kappa shape index (κ3) is 4.42. The third-order valence-electron chi connectivity index (χ3n) is 3.11. The number of furan rings is 1. The second-order valence-electron chi connectivity index (χ2n) is 4.83. The normalized spacial score (nSPS) is 10.7. The Morgan fingerprint density at radius 3 is 2.45 bits per heavy atom. The summed E-state index contributed by atoms with van der Waals surface area (Å²) in [7, 11) is 0. The van der Waals surface area contributed by atoms with E-state index in [4.69, 9.17) is 9.15 Å². The van der Waals surface area contributed by atoms with Crippen molar-refractivity contribution >= 4 is 0 Å². The lowest BCUT2D eigenvalue weighted by Gasteiger charge is -2.05. The molecule has 1 N–H and O–H groups in total. The van der Waals surface area contributed by atoms with Crippen molar-refractivity contribution in [3.8, 4) is 5.75 Å². The fourth-order valence-corrected chi connectivity index (χ4v) is 2.04. The second kappa shape index (κ2) is 7.75. The van der Waals surface area contributed by atoms with Crippen LogP contribution in [0, 0.1) is 0 Å². The Balaban J connectivity index is 1.83. The van der Waals surface area contributed by atoms with Crippen molar-refractivity contribution in [1.29, 1.82) is 0 Å². The predicted octanol–water partition coefficient (Wildman–Crippen LogP) is 3.92. The Morgan fingerprint density at radius 2 is 1.75 bits per heavy atom. The summed E-state index contributed by atoms with van der Waals surface area (Å²) < 4.78 is 11.4. The van der Waals surface area contributed by atoms with Crippen LogP contribution in [-0.4, -0.2) is 6.54 Å². The van der Waals surface area contributed by atoms with Crippen LogP contribution in [0.3, 0.4) is 0 Å². The molecule has 1 heterocycles. The summed E-state index contributed by atoms with van der Waals surface area (Å²) in [5.41, 5.74) is 1.35. The molecule has 0 fully saturated rings. The van der Waals surface area contributed by atoms with Gasteiger partial charge in [0.2, 0.25) is 0 Å². The molecule has 0 unspecified atom stereocenters. The summed E-state index contributed by atoms with van der Waals surface area (Å²) in [5.74, 6) is 2.69. The molecule has 1 aromatic heterocycles. The van der Waals surface area contributed by atoms with Gasteiger partial charge >= 0.3 is 0 Å². The van der Waals surface area contributed by atoms with Gasteiger partial charge in [0.05, 0.1) is 6.54 Å². The highest BCUT2D eigenvalue weighted by Crippen LogP contribution is 2.16. The van der Waals surface area contributed by atoms with Gasteiger partial charge in [0.25, 0.3) is 0 Å². The predicted molar refractivity (Wildman–Crippen MR) is 80.9 cm³/mol. The number of hydrogen-bond acceptors (Lipinski definition) is 3. The topological polar surface area (TPSA) is 34.4 Å². The van der Waals surface area contributed by atoms with Crippen LogP contribution < -0.4 is 10.1 Å². The molecule has 3 nitrogen and oxygen atoms in total. The smallest absolute Gasteiger partial charge is 0.146 e. The lowest BCUT2D eigenvalue weighted by atomic mass is 10.1. The van der Waals surface area contributed by atoms with Crippen molar-refractivity contribution in [2.24, 2.45) is 0 Å². The van der Waals surface area contributed by atoms with E-state index in [1.54, 1.807) is 0 Å². The standard InChI is InChI=1S/C17H23NO2/c1-3-5-14-6-8-15(9-7-14)19-13-17-11-10-16(20-17)12-18-4-2/h6-11,18H,3-5,12-13H2,1-2H3. The molecule has 3 heteroatoms. The molecule has 0 amide bonds. The Labute approximate surface area is 121 Å². The summed E-state index contributed by atoms with van der Waals surface area (Å²) in [6.45, 7) is 6.44. The van der Waals surface area contributed by atoms with Crippen LogP contribution in [0.25, 0.3) is 0 Å². The van der Waals surface area contributed by atoms with Gasteiger partial charge in [-0.05, 0) is 42.8 Å². The molecule has 2 aromatic rings. The molecule has 108 valence electrons. The highest BCUT2D eigenvalue weighted by Gasteiger charge is 2.03. The molecular formula is C17H23NO2. The summed E-state index contributed by atoms with van der Waals surface area (Å²) in [4.78, 5) is 0. The van der Waals surface area contributed by atoms with Gasteiger partial charge in [-0.2, -0.15) is 0 Å². The van der Waals surface area contributed by atoms with E-state index < -0.39 is 0 Å². The summed E-state index contributed by atoms with van der Waals surface area (Å²) >= 11 is 0. The maximum atomic E-state index is 5.73. The van der Waals surface area contributed by atoms with Gasteiger partial charge in [-0.1, -0.05) is 32.4 Å². The number of benzene rings is 1. The number of hydrogen-bond donors (Lipinski definition) is 1. The molecule has 0 saturated carbocycles. The van der Waals surface area contributed by atoms with Gasteiger partial charge < -0.3 is 14.5 Å². The lowest BCUT2D eigenvalue weighted by Crippen LogP contribution is -2.10. The van der Waals surface area contributed by atoms with Gasteiger partial charge in [-0.25, -0.2) is 0 Å². The summed E-state index contributed by atoms with van der Waals surface area (Å²) in [6.07, 6.45) is 2.29. The van der Waals surface area contributed by atoms with E-state index >= 15 is 0 Å². The van der Waals surface area contributed by atoms with Gasteiger partial charge in [0.15, 0.2) is 0 Å². The van der Waals surface area contributed by atoms with Crippen molar-refractivity contribution in [2.45, 2.75) is 39.8 Å². The van der Waals surface area contributed by atoms with Crippen LogP contribution in [0.1, 0.15) is 37.4 Å². The maximum absolute atomic E-state index is 5.73. The Kier molecular flexibility index (Phi) is 5.69. The highest BCUT2D eigenvalue weighted by molar-refractivity contribution is 5.27. The van der Waals surface area contributed by atoms with E-state index in [1.165, 1.54) is 12.0 Å². The maximum Gasteiger partial charge on any atom is 0.146 e. The van der Waals surface area contributed by atoms with Crippen LogP contribution in [-0.2, 0) is 19.6 Å². The quantitative estimate of drug-likeness (QED) is 0.791. The first-order valence-electron chi connectivity index (χ1n) is 7.32. The highest BCUT2D eigenvalue weighted by atomic mass is 16.5. The van der Waals surface area contributed by atoms with E-state index in [0.29, 0.717) is 6.61 Å². The van der Waals surface area contributed by atoms with Crippen LogP contribution in [0.5, 0.6) is 5.75 Å². The average molecular weight is 273 g/mol. The van der Waals surface area contributed by atoms with Crippen molar-refractivity contribution in [3.63, 3.8) is 0 Å². The Bertz CT molecular complexity index is 502. The van der Waals surface area contributed by atoms with Gasteiger partial charge in [-0.3, -0.25) is 0 Å². The van der Waals surface area contributed by atoms with Gasteiger partial charge in [0, 0.05) is 0 Å². The molecular weight excluding hydrogens is 250 g/mol. The number of aryl methyl sites for hydroxylation is 1. The van der Waals surface area contributed by atoms with Crippen molar-refractivity contribution in [1.82, 2.24) is 5.32 Å². The van der Waals surface area contributed by atoms with Gasteiger partial charge in [0.1, 0.15) is 23.9 Å². The fourth-order valence-electron chi connectivity index (χ4n) is 2.04. The van der Waals surface area contributed by atoms with E-state index in [-0.39, 0.29) is 0 Å². The number of rotatable bonds is 8. The molecule has 0 saturated heterocycles. The first kappa shape index (κ1) is 14.7. The zero-order valence-electron chi connectivity index (χ0n) is 12.3. The third-order valence-corrected chi connectivity index (χ3v) is 3.11. The molecule has 0 spiro atoms. The zero-order valence-corrected chi connectivity index (χ0v) is 12.3. The lowest BCUT2D eigenvalue weighted by molar-refractivity contribution is 0.265. The molecule has 0 radical (unpaired) electrons. The summed E-state index contributed by atoms with van der Waals surface area (Å²) in [5, 5.41) is 3.24. The minimum atomic E-state index is 0.471.